The number of aliphatic hydroxyl groups excluding tert-OH is 1. The summed E-state index contributed by atoms with van der Waals surface area (Å²) in [6.45, 7) is 2.82. The molecule has 0 radical (unpaired) electrons. The van der Waals surface area contributed by atoms with E-state index in [-0.39, 0.29) is 12.4 Å². The van der Waals surface area contributed by atoms with Gasteiger partial charge in [0, 0.05) is 12.6 Å². The molecule has 0 amide bonds. The predicted molar refractivity (Wildman–Crippen MR) is 59.4 cm³/mol. The van der Waals surface area contributed by atoms with Crippen molar-refractivity contribution < 1.29 is 18.1 Å². The van der Waals surface area contributed by atoms with E-state index in [2.05, 4.69) is 5.32 Å². The van der Waals surface area contributed by atoms with Crippen LogP contribution in [-0.2, 0) is 10.1 Å². The normalized spacial score (nSPS) is 14.1. The third-order valence-electron chi connectivity index (χ3n) is 2.12. The van der Waals surface area contributed by atoms with E-state index in [0.29, 0.717) is 19.0 Å². The van der Waals surface area contributed by atoms with Crippen LogP contribution in [0.3, 0.4) is 0 Å². The summed E-state index contributed by atoms with van der Waals surface area (Å²) in [5.41, 5.74) is 0. The number of aliphatic hydroxyl groups is 1. The first kappa shape index (κ1) is 14.8. The van der Waals surface area contributed by atoms with Crippen LogP contribution in [0.2, 0.25) is 0 Å². The highest BCUT2D eigenvalue weighted by Gasteiger charge is 2.04. The zero-order chi connectivity index (χ0) is 11.7. The van der Waals surface area contributed by atoms with Crippen LogP contribution in [0.5, 0.6) is 0 Å². The second-order valence-electron chi connectivity index (χ2n) is 3.71. The summed E-state index contributed by atoms with van der Waals surface area (Å²) >= 11 is 0. The van der Waals surface area contributed by atoms with Crippen molar-refractivity contribution >= 4 is 10.1 Å². The summed E-state index contributed by atoms with van der Waals surface area (Å²) in [6, 6.07) is 0.318. The van der Waals surface area contributed by atoms with Crippen LogP contribution >= 0.6 is 0 Å². The zero-order valence-electron chi connectivity index (χ0n) is 9.15. The van der Waals surface area contributed by atoms with Crippen molar-refractivity contribution in [2.75, 3.05) is 18.9 Å². The van der Waals surface area contributed by atoms with Gasteiger partial charge in [-0.3, -0.25) is 4.55 Å². The van der Waals surface area contributed by atoms with E-state index in [1.54, 1.807) is 0 Å². The van der Waals surface area contributed by atoms with E-state index < -0.39 is 10.1 Å². The van der Waals surface area contributed by atoms with E-state index in [0.717, 1.165) is 19.3 Å². The smallest absolute Gasteiger partial charge is 0.264 e. The van der Waals surface area contributed by atoms with E-state index in [1.165, 1.54) is 0 Å². The van der Waals surface area contributed by atoms with Crippen LogP contribution in [0.25, 0.3) is 0 Å². The first-order valence-electron chi connectivity index (χ1n) is 5.25. The van der Waals surface area contributed by atoms with Gasteiger partial charge in [-0.15, -0.1) is 0 Å². The van der Waals surface area contributed by atoms with Crippen molar-refractivity contribution in [3.63, 3.8) is 0 Å². The molecule has 0 spiro atoms. The van der Waals surface area contributed by atoms with E-state index in [9.17, 15) is 8.42 Å². The van der Waals surface area contributed by atoms with Gasteiger partial charge in [0.05, 0.1) is 5.75 Å². The van der Waals surface area contributed by atoms with Gasteiger partial charge in [0.2, 0.25) is 0 Å². The van der Waals surface area contributed by atoms with Gasteiger partial charge in [0.25, 0.3) is 10.1 Å². The molecule has 0 aliphatic rings. The molecule has 3 N–H and O–H groups in total. The Labute approximate surface area is 91.6 Å². The Hall–Kier alpha value is -0.170. The molecule has 0 saturated heterocycles. The number of rotatable bonds is 9. The molecule has 0 fully saturated rings. The van der Waals surface area contributed by atoms with Crippen LogP contribution in [0.4, 0.5) is 0 Å². The molecule has 15 heavy (non-hydrogen) atoms. The lowest BCUT2D eigenvalue weighted by Crippen LogP contribution is -2.28. The molecule has 5 nitrogen and oxygen atoms in total. The summed E-state index contributed by atoms with van der Waals surface area (Å²) in [6.07, 6.45) is 3.15. The second kappa shape index (κ2) is 8.04. The van der Waals surface area contributed by atoms with Crippen molar-refractivity contribution in [3.8, 4) is 0 Å². The molecule has 6 heteroatoms. The lowest BCUT2D eigenvalue weighted by molar-refractivity contribution is 0.280. The first-order valence-corrected chi connectivity index (χ1v) is 6.86. The average molecular weight is 239 g/mol. The van der Waals surface area contributed by atoms with Gasteiger partial charge in [-0.1, -0.05) is 0 Å². The van der Waals surface area contributed by atoms with E-state index in [4.69, 9.17) is 9.66 Å². The molecular weight excluding hydrogens is 218 g/mol. The monoisotopic (exact) mass is 239 g/mol. The largest absolute Gasteiger partial charge is 0.396 e. The summed E-state index contributed by atoms with van der Waals surface area (Å²) in [7, 11) is -3.82. The quantitative estimate of drug-likeness (QED) is 0.400. The molecule has 1 unspecified atom stereocenters. The lowest BCUT2D eigenvalue weighted by atomic mass is 10.1. The Bertz CT molecular complexity index is 240. The average Bonchev–Trinajstić information content (AvgIpc) is 2.11. The zero-order valence-corrected chi connectivity index (χ0v) is 9.96. The van der Waals surface area contributed by atoms with Gasteiger partial charge >= 0.3 is 0 Å². The SMILES string of the molecule is CC(CCCCO)NCCCS(=O)(=O)O. The van der Waals surface area contributed by atoms with Crippen LogP contribution in [0, 0.1) is 0 Å². The van der Waals surface area contributed by atoms with Crippen molar-refractivity contribution in [2.45, 2.75) is 38.6 Å². The van der Waals surface area contributed by atoms with Crippen molar-refractivity contribution in [3.05, 3.63) is 0 Å². The summed E-state index contributed by atoms with van der Waals surface area (Å²) in [5.74, 6) is -0.191. The highest BCUT2D eigenvalue weighted by Crippen LogP contribution is 1.99. The lowest BCUT2D eigenvalue weighted by Gasteiger charge is -2.12. The van der Waals surface area contributed by atoms with Gasteiger partial charge in [-0.05, 0) is 39.2 Å². The van der Waals surface area contributed by atoms with Crippen LogP contribution in [-0.4, -0.2) is 43.0 Å². The number of nitrogens with one attached hydrogen (secondary N) is 1. The van der Waals surface area contributed by atoms with Crippen molar-refractivity contribution in [1.82, 2.24) is 5.32 Å². The number of hydrogen-bond donors (Lipinski definition) is 3. The molecule has 0 aliphatic carbocycles. The molecule has 1 atom stereocenters. The molecule has 0 aliphatic heterocycles. The Balaban J connectivity index is 3.35. The fourth-order valence-electron chi connectivity index (χ4n) is 1.27. The molecule has 0 saturated carbocycles. The fraction of sp³-hybridized carbons (Fsp3) is 1.00. The molecule has 0 aromatic rings. The highest BCUT2D eigenvalue weighted by molar-refractivity contribution is 7.85. The standard InChI is InChI=1S/C9H21NO4S/c1-9(5-2-3-7-11)10-6-4-8-15(12,13)14/h9-11H,2-8H2,1H3,(H,12,13,14). The maximum atomic E-state index is 10.4. The summed E-state index contributed by atoms with van der Waals surface area (Å²) < 4.78 is 29.2. The van der Waals surface area contributed by atoms with E-state index >= 15 is 0 Å². The number of unbranched alkanes of at least 4 members (excludes halogenated alkanes) is 1. The van der Waals surface area contributed by atoms with Gasteiger partial charge in [0.1, 0.15) is 0 Å². The first-order chi connectivity index (χ1) is 6.95. The van der Waals surface area contributed by atoms with Gasteiger partial charge < -0.3 is 10.4 Å². The minimum absolute atomic E-state index is 0.191. The van der Waals surface area contributed by atoms with Crippen LogP contribution in [0.1, 0.15) is 32.6 Å². The van der Waals surface area contributed by atoms with Crippen LogP contribution < -0.4 is 5.32 Å². The Morgan fingerprint density at radius 3 is 2.47 bits per heavy atom. The summed E-state index contributed by atoms with van der Waals surface area (Å²) in [5, 5.41) is 11.7. The Morgan fingerprint density at radius 1 is 1.27 bits per heavy atom. The van der Waals surface area contributed by atoms with Gasteiger partial charge in [-0.25, -0.2) is 0 Å². The maximum Gasteiger partial charge on any atom is 0.264 e. The molecule has 0 heterocycles. The molecule has 0 aromatic carbocycles. The Morgan fingerprint density at radius 2 is 1.93 bits per heavy atom. The van der Waals surface area contributed by atoms with E-state index in [1.807, 2.05) is 6.92 Å². The predicted octanol–water partition coefficient (Wildman–Crippen LogP) is 0.405. The topological polar surface area (TPSA) is 86.6 Å². The minimum atomic E-state index is -3.82. The second-order valence-corrected chi connectivity index (χ2v) is 5.29. The number of hydrogen-bond acceptors (Lipinski definition) is 4. The molecule has 0 aromatic heterocycles. The van der Waals surface area contributed by atoms with Crippen LogP contribution in [0.15, 0.2) is 0 Å². The minimum Gasteiger partial charge on any atom is -0.396 e. The van der Waals surface area contributed by atoms with Crippen molar-refractivity contribution in [2.24, 2.45) is 0 Å². The maximum absolute atomic E-state index is 10.4. The molecular formula is C9H21NO4S. The molecule has 0 rings (SSSR count). The third kappa shape index (κ3) is 11.8. The fourth-order valence-corrected chi connectivity index (χ4v) is 1.78. The van der Waals surface area contributed by atoms with Gasteiger partial charge in [-0.2, -0.15) is 8.42 Å². The highest BCUT2D eigenvalue weighted by atomic mass is 32.2. The molecule has 0 bridgehead atoms. The summed E-state index contributed by atoms with van der Waals surface area (Å²) in [4.78, 5) is 0. The third-order valence-corrected chi connectivity index (χ3v) is 2.92. The van der Waals surface area contributed by atoms with Crippen molar-refractivity contribution in [1.29, 1.82) is 0 Å². The molecule has 92 valence electrons. The Kier molecular flexibility index (Phi) is 7.95. The van der Waals surface area contributed by atoms with Gasteiger partial charge in [0.15, 0.2) is 0 Å².